The summed E-state index contributed by atoms with van der Waals surface area (Å²) in [6.45, 7) is 3.48. The minimum atomic E-state index is -0.712. The lowest BCUT2D eigenvalue weighted by Crippen LogP contribution is -2.48. The van der Waals surface area contributed by atoms with Gasteiger partial charge in [-0.2, -0.15) is 0 Å². The van der Waals surface area contributed by atoms with E-state index < -0.39 is 6.04 Å². The van der Waals surface area contributed by atoms with E-state index in [1.165, 1.54) is 11.9 Å². The summed E-state index contributed by atoms with van der Waals surface area (Å²) in [6.07, 6.45) is 0. The Balaban J connectivity index is 2.21. The van der Waals surface area contributed by atoms with E-state index in [4.69, 9.17) is 27.9 Å². The van der Waals surface area contributed by atoms with Crippen molar-refractivity contribution in [1.82, 2.24) is 10.2 Å². The molecule has 0 unspecified atom stereocenters. The molecule has 0 bridgehead atoms. The molecule has 0 radical (unpaired) electrons. The Morgan fingerprint density at radius 2 is 1.78 bits per heavy atom. The number of hydrogen-bond acceptors (Lipinski definition) is 3. The van der Waals surface area contributed by atoms with Crippen LogP contribution >= 0.6 is 23.2 Å². The van der Waals surface area contributed by atoms with Gasteiger partial charge in [0.2, 0.25) is 5.91 Å². The molecule has 0 aromatic heterocycles. The van der Waals surface area contributed by atoms with Crippen molar-refractivity contribution in [3.05, 3.63) is 63.6 Å². The molecular formula is C20H22Cl2N2O3. The predicted octanol–water partition coefficient (Wildman–Crippen LogP) is 3.84. The number of ether oxygens (including phenoxy) is 1. The lowest BCUT2D eigenvalue weighted by Gasteiger charge is -2.29. The largest absolute Gasteiger partial charge is 0.484 e. The van der Waals surface area contributed by atoms with Gasteiger partial charge in [0.15, 0.2) is 6.61 Å². The van der Waals surface area contributed by atoms with Crippen LogP contribution in [-0.4, -0.2) is 36.4 Å². The van der Waals surface area contributed by atoms with Crippen LogP contribution in [-0.2, 0) is 16.1 Å². The second-order valence-electron chi connectivity index (χ2n) is 6.12. The molecule has 27 heavy (non-hydrogen) atoms. The molecule has 2 amide bonds. The molecule has 0 aliphatic heterocycles. The third kappa shape index (κ3) is 5.62. The minimum Gasteiger partial charge on any atom is -0.484 e. The fourth-order valence-corrected chi connectivity index (χ4v) is 3.10. The molecule has 0 fully saturated rings. The normalized spacial score (nSPS) is 11.6. The molecule has 144 valence electrons. The van der Waals surface area contributed by atoms with Crippen molar-refractivity contribution in [2.75, 3.05) is 13.7 Å². The van der Waals surface area contributed by atoms with Gasteiger partial charge in [0.1, 0.15) is 11.8 Å². The molecule has 1 N–H and O–H groups in total. The van der Waals surface area contributed by atoms with Gasteiger partial charge >= 0.3 is 0 Å². The van der Waals surface area contributed by atoms with E-state index in [1.807, 2.05) is 25.1 Å². The van der Waals surface area contributed by atoms with Crippen molar-refractivity contribution in [2.45, 2.75) is 26.4 Å². The summed E-state index contributed by atoms with van der Waals surface area (Å²) < 4.78 is 5.60. The van der Waals surface area contributed by atoms with E-state index in [2.05, 4.69) is 5.32 Å². The molecule has 0 spiro atoms. The standard InChI is InChI=1S/C20H22Cl2N2O3/c1-13-6-4-7-15(10-13)27-12-19(25)24(14(2)20(26)23-3)11-16-17(21)8-5-9-18(16)22/h4-10,14H,11-12H2,1-3H3,(H,23,26)/t14-/m0/s1. The molecule has 1 atom stereocenters. The lowest BCUT2D eigenvalue weighted by atomic mass is 10.1. The maximum Gasteiger partial charge on any atom is 0.261 e. The lowest BCUT2D eigenvalue weighted by molar-refractivity contribution is -0.142. The van der Waals surface area contributed by atoms with E-state index in [0.29, 0.717) is 21.4 Å². The van der Waals surface area contributed by atoms with Crippen LogP contribution < -0.4 is 10.1 Å². The van der Waals surface area contributed by atoms with E-state index in [1.54, 1.807) is 31.2 Å². The molecule has 0 saturated heterocycles. The van der Waals surface area contributed by atoms with Crippen molar-refractivity contribution < 1.29 is 14.3 Å². The van der Waals surface area contributed by atoms with Crippen LogP contribution in [0.15, 0.2) is 42.5 Å². The van der Waals surface area contributed by atoms with Gasteiger partial charge in [0.25, 0.3) is 5.91 Å². The molecule has 2 aromatic carbocycles. The van der Waals surface area contributed by atoms with Crippen LogP contribution in [0.3, 0.4) is 0 Å². The molecule has 0 aliphatic carbocycles. The highest BCUT2D eigenvalue weighted by atomic mass is 35.5. The smallest absolute Gasteiger partial charge is 0.261 e. The number of aryl methyl sites for hydroxylation is 1. The first-order valence-corrected chi connectivity index (χ1v) is 9.22. The third-order valence-electron chi connectivity index (χ3n) is 4.16. The first-order valence-electron chi connectivity index (χ1n) is 8.47. The molecule has 0 aliphatic rings. The zero-order valence-corrected chi connectivity index (χ0v) is 17.0. The second kappa shape index (κ2) is 9.62. The fraction of sp³-hybridized carbons (Fsp3) is 0.300. The Labute approximate surface area is 169 Å². The number of carbonyl (C=O) groups excluding carboxylic acids is 2. The number of halogens is 2. The van der Waals surface area contributed by atoms with Gasteiger partial charge in [-0.3, -0.25) is 9.59 Å². The Hall–Kier alpha value is -2.24. The summed E-state index contributed by atoms with van der Waals surface area (Å²) in [4.78, 5) is 26.4. The van der Waals surface area contributed by atoms with Crippen LogP contribution in [0.5, 0.6) is 5.75 Å². The van der Waals surface area contributed by atoms with Gasteiger partial charge in [0, 0.05) is 29.2 Å². The van der Waals surface area contributed by atoms with E-state index >= 15 is 0 Å². The SMILES string of the molecule is CNC(=O)[C@H](C)N(Cc1c(Cl)cccc1Cl)C(=O)COc1cccc(C)c1. The molecular weight excluding hydrogens is 387 g/mol. The van der Waals surface area contributed by atoms with Crippen LogP contribution in [0.4, 0.5) is 0 Å². The van der Waals surface area contributed by atoms with Crippen LogP contribution in [0.25, 0.3) is 0 Å². The fourth-order valence-electron chi connectivity index (χ4n) is 2.58. The number of carbonyl (C=O) groups is 2. The van der Waals surface area contributed by atoms with Gasteiger partial charge < -0.3 is 15.0 Å². The quantitative estimate of drug-likeness (QED) is 0.756. The zero-order chi connectivity index (χ0) is 20.0. The number of nitrogens with zero attached hydrogens (tertiary/aromatic N) is 1. The van der Waals surface area contributed by atoms with Gasteiger partial charge in [0.05, 0.1) is 0 Å². The Morgan fingerprint density at radius 3 is 2.37 bits per heavy atom. The second-order valence-corrected chi connectivity index (χ2v) is 6.93. The summed E-state index contributed by atoms with van der Waals surface area (Å²) in [7, 11) is 1.52. The minimum absolute atomic E-state index is 0.100. The van der Waals surface area contributed by atoms with E-state index in [0.717, 1.165) is 5.56 Å². The highest BCUT2D eigenvalue weighted by molar-refractivity contribution is 6.36. The van der Waals surface area contributed by atoms with Crippen molar-refractivity contribution in [3.63, 3.8) is 0 Å². The van der Waals surface area contributed by atoms with Crippen LogP contribution in [0.1, 0.15) is 18.1 Å². The average molecular weight is 409 g/mol. The highest BCUT2D eigenvalue weighted by Gasteiger charge is 2.27. The monoisotopic (exact) mass is 408 g/mol. The van der Waals surface area contributed by atoms with Gasteiger partial charge in [-0.1, -0.05) is 41.4 Å². The molecule has 0 heterocycles. The summed E-state index contributed by atoms with van der Waals surface area (Å²) >= 11 is 12.5. The number of rotatable bonds is 7. The zero-order valence-electron chi connectivity index (χ0n) is 15.5. The molecule has 2 aromatic rings. The summed E-state index contributed by atoms with van der Waals surface area (Å²) in [5, 5.41) is 3.43. The van der Waals surface area contributed by atoms with E-state index in [9.17, 15) is 9.59 Å². The van der Waals surface area contributed by atoms with Crippen molar-refractivity contribution in [3.8, 4) is 5.75 Å². The number of likely N-dealkylation sites (N-methyl/N-ethyl adjacent to an activating group) is 1. The number of amides is 2. The first-order chi connectivity index (χ1) is 12.8. The first kappa shape index (κ1) is 21.1. The van der Waals surface area contributed by atoms with Crippen LogP contribution in [0, 0.1) is 6.92 Å². The van der Waals surface area contributed by atoms with E-state index in [-0.39, 0.29) is 25.0 Å². The molecule has 2 rings (SSSR count). The highest BCUT2D eigenvalue weighted by Crippen LogP contribution is 2.26. The molecule has 0 saturated carbocycles. The maximum atomic E-state index is 12.8. The van der Waals surface area contributed by atoms with Gasteiger partial charge in [-0.15, -0.1) is 0 Å². The van der Waals surface area contributed by atoms with Gasteiger partial charge in [-0.05, 0) is 43.7 Å². The third-order valence-corrected chi connectivity index (χ3v) is 4.86. The molecule has 5 nitrogen and oxygen atoms in total. The number of benzene rings is 2. The Bertz CT molecular complexity index is 806. The Kier molecular flexibility index (Phi) is 7.51. The summed E-state index contributed by atoms with van der Waals surface area (Å²) in [5.74, 6) is -0.0441. The van der Waals surface area contributed by atoms with Gasteiger partial charge in [-0.25, -0.2) is 0 Å². The van der Waals surface area contributed by atoms with Crippen molar-refractivity contribution in [2.24, 2.45) is 0 Å². The maximum absolute atomic E-state index is 12.8. The molecule has 7 heteroatoms. The predicted molar refractivity (Wildman–Crippen MR) is 107 cm³/mol. The number of nitrogens with one attached hydrogen (secondary N) is 1. The number of hydrogen-bond donors (Lipinski definition) is 1. The summed E-state index contributed by atoms with van der Waals surface area (Å²) in [6, 6.07) is 11.8. The average Bonchev–Trinajstić information content (AvgIpc) is 2.65. The van der Waals surface area contributed by atoms with Crippen molar-refractivity contribution >= 4 is 35.0 Å². The summed E-state index contributed by atoms with van der Waals surface area (Å²) in [5.41, 5.74) is 1.61. The van der Waals surface area contributed by atoms with Crippen molar-refractivity contribution in [1.29, 1.82) is 0 Å². The topological polar surface area (TPSA) is 58.6 Å². The van der Waals surface area contributed by atoms with Crippen LogP contribution in [0.2, 0.25) is 10.0 Å². The Morgan fingerprint density at radius 1 is 1.15 bits per heavy atom.